The van der Waals surface area contributed by atoms with E-state index in [9.17, 15) is 0 Å². The van der Waals surface area contributed by atoms with Gasteiger partial charge in [0, 0.05) is 7.05 Å². The molecule has 4 nitrogen and oxygen atoms in total. The second-order valence-corrected chi connectivity index (χ2v) is 4.49. The molecule has 0 N–H and O–H groups in total. The first-order valence-corrected chi connectivity index (χ1v) is 5.93. The summed E-state index contributed by atoms with van der Waals surface area (Å²) in [6, 6.07) is 7.66. The third kappa shape index (κ3) is 1.46. The number of halogens is 1. The van der Waals surface area contributed by atoms with E-state index in [0.29, 0.717) is 0 Å². The van der Waals surface area contributed by atoms with Crippen molar-refractivity contribution in [2.75, 3.05) is 0 Å². The van der Waals surface area contributed by atoms with Crippen LogP contribution in [0.5, 0.6) is 11.5 Å². The minimum atomic E-state index is -0.390. The molecule has 1 aromatic carbocycles. The second-order valence-electron chi connectivity index (χ2n) is 3.53. The average molecular weight is 328 g/mol. The highest BCUT2D eigenvalue weighted by atomic mass is 127. The van der Waals surface area contributed by atoms with Crippen molar-refractivity contribution in [1.29, 1.82) is 0 Å². The molecule has 1 aliphatic rings. The molecule has 0 saturated carbocycles. The van der Waals surface area contributed by atoms with Crippen LogP contribution in [-0.4, -0.2) is 9.55 Å². The summed E-state index contributed by atoms with van der Waals surface area (Å²) in [5, 5.41) is 0. The van der Waals surface area contributed by atoms with Crippen LogP contribution in [-0.2, 0) is 7.05 Å². The first-order chi connectivity index (χ1) is 7.75. The number of imidazole rings is 1. The number of hydrogen-bond donors (Lipinski definition) is 0. The van der Waals surface area contributed by atoms with Gasteiger partial charge in [-0.05, 0) is 34.7 Å². The molecule has 0 saturated heterocycles. The minimum absolute atomic E-state index is 0.390. The number of aromatic nitrogens is 2. The predicted molar refractivity (Wildman–Crippen MR) is 66.4 cm³/mol. The largest absolute Gasteiger partial charge is 0.445 e. The molecule has 0 aliphatic carbocycles. The molecule has 0 fully saturated rings. The molecule has 0 radical (unpaired) electrons. The van der Waals surface area contributed by atoms with E-state index in [1.54, 1.807) is 6.20 Å². The Hall–Kier alpha value is -1.24. The van der Waals surface area contributed by atoms with E-state index in [-0.39, 0.29) is 0 Å². The number of rotatable bonds is 1. The minimum Gasteiger partial charge on any atom is -0.445 e. The maximum Gasteiger partial charge on any atom is 0.284 e. The first-order valence-electron chi connectivity index (χ1n) is 4.85. The molecule has 0 bridgehead atoms. The summed E-state index contributed by atoms with van der Waals surface area (Å²) in [6.45, 7) is 0. The highest BCUT2D eigenvalue weighted by Crippen LogP contribution is 2.39. The van der Waals surface area contributed by atoms with Gasteiger partial charge in [0.15, 0.2) is 15.3 Å². The lowest BCUT2D eigenvalue weighted by atomic mass is 10.3. The van der Waals surface area contributed by atoms with Crippen LogP contribution < -0.4 is 9.47 Å². The smallest absolute Gasteiger partial charge is 0.284 e. The van der Waals surface area contributed by atoms with E-state index in [2.05, 4.69) is 27.6 Å². The van der Waals surface area contributed by atoms with Crippen molar-refractivity contribution in [3.8, 4) is 11.5 Å². The normalized spacial score (nSPS) is 14.4. The number of nitrogens with zero attached hydrogens (tertiary/aromatic N) is 2. The maximum atomic E-state index is 5.70. The van der Waals surface area contributed by atoms with Gasteiger partial charge in [-0.1, -0.05) is 12.1 Å². The highest BCUT2D eigenvalue weighted by molar-refractivity contribution is 14.1. The third-order valence-corrected chi connectivity index (χ3v) is 3.53. The number of benzene rings is 1. The zero-order valence-corrected chi connectivity index (χ0v) is 10.7. The lowest BCUT2D eigenvalue weighted by Gasteiger charge is -2.10. The summed E-state index contributed by atoms with van der Waals surface area (Å²) in [5.74, 6) is 1.56. The summed E-state index contributed by atoms with van der Waals surface area (Å²) in [4.78, 5) is 4.21. The summed E-state index contributed by atoms with van der Waals surface area (Å²) >= 11 is 2.17. The van der Waals surface area contributed by atoms with Crippen LogP contribution in [0.2, 0.25) is 0 Å². The van der Waals surface area contributed by atoms with Crippen LogP contribution in [0.3, 0.4) is 0 Å². The van der Waals surface area contributed by atoms with Crippen molar-refractivity contribution in [2.24, 2.45) is 7.05 Å². The summed E-state index contributed by atoms with van der Waals surface area (Å²) in [6.07, 6.45) is 1.39. The van der Waals surface area contributed by atoms with E-state index in [1.165, 1.54) is 0 Å². The Labute approximate surface area is 106 Å². The van der Waals surface area contributed by atoms with Crippen LogP contribution in [0.1, 0.15) is 12.0 Å². The Balaban J connectivity index is 1.94. The fourth-order valence-electron chi connectivity index (χ4n) is 1.64. The van der Waals surface area contributed by atoms with Crippen LogP contribution in [0.15, 0.2) is 30.5 Å². The molecule has 2 heterocycles. The van der Waals surface area contributed by atoms with Crippen LogP contribution >= 0.6 is 22.6 Å². The van der Waals surface area contributed by atoms with Gasteiger partial charge in [0.2, 0.25) is 0 Å². The lowest BCUT2D eigenvalue weighted by Crippen LogP contribution is -2.12. The van der Waals surface area contributed by atoms with E-state index in [0.717, 1.165) is 21.0 Å². The van der Waals surface area contributed by atoms with E-state index < -0.39 is 6.29 Å². The summed E-state index contributed by atoms with van der Waals surface area (Å²) in [5.41, 5.74) is 0.917. The SMILES string of the molecule is Cn1c(C2Oc3ccccc3O2)cnc1I. The Morgan fingerprint density at radius 1 is 1.25 bits per heavy atom. The topological polar surface area (TPSA) is 36.3 Å². The number of hydrogen-bond acceptors (Lipinski definition) is 3. The molecule has 82 valence electrons. The zero-order chi connectivity index (χ0) is 11.1. The predicted octanol–water partition coefficient (Wildman–Crippen LogP) is 2.49. The molecule has 1 aliphatic heterocycles. The highest BCUT2D eigenvalue weighted by Gasteiger charge is 2.28. The molecular formula is C11H9IN2O2. The summed E-state index contributed by atoms with van der Waals surface area (Å²) < 4.78 is 14.3. The molecule has 16 heavy (non-hydrogen) atoms. The maximum absolute atomic E-state index is 5.70. The Kier molecular flexibility index (Phi) is 2.27. The van der Waals surface area contributed by atoms with Crippen LogP contribution in [0.25, 0.3) is 0 Å². The van der Waals surface area contributed by atoms with E-state index in [4.69, 9.17) is 9.47 Å². The van der Waals surface area contributed by atoms with Crippen molar-refractivity contribution in [3.63, 3.8) is 0 Å². The lowest BCUT2D eigenvalue weighted by molar-refractivity contribution is 0.0420. The molecule has 3 rings (SSSR count). The zero-order valence-electron chi connectivity index (χ0n) is 8.55. The summed E-state index contributed by atoms with van der Waals surface area (Å²) in [7, 11) is 1.94. The number of ether oxygens (including phenoxy) is 2. The van der Waals surface area contributed by atoms with Gasteiger partial charge in [0.1, 0.15) is 5.69 Å². The van der Waals surface area contributed by atoms with Crippen LogP contribution in [0, 0.1) is 3.83 Å². The van der Waals surface area contributed by atoms with Crippen molar-refractivity contribution in [2.45, 2.75) is 6.29 Å². The Morgan fingerprint density at radius 3 is 2.38 bits per heavy atom. The Bertz CT molecular complexity index is 514. The standard InChI is InChI=1S/C11H9IN2O2/c1-14-7(6-13-11(14)12)10-15-8-4-2-3-5-9(8)16-10/h2-6,10H,1H3. The van der Waals surface area contributed by atoms with Crippen molar-refractivity contribution in [3.05, 3.63) is 40.0 Å². The fraction of sp³-hybridized carbons (Fsp3) is 0.182. The third-order valence-electron chi connectivity index (χ3n) is 2.53. The second kappa shape index (κ2) is 3.65. The monoisotopic (exact) mass is 328 g/mol. The number of para-hydroxylation sites is 2. The fourth-order valence-corrected chi connectivity index (χ4v) is 2.06. The van der Waals surface area contributed by atoms with Gasteiger partial charge < -0.3 is 14.0 Å². The quantitative estimate of drug-likeness (QED) is 0.755. The van der Waals surface area contributed by atoms with E-state index in [1.807, 2.05) is 35.9 Å². The van der Waals surface area contributed by atoms with Crippen molar-refractivity contribution >= 4 is 22.6 Å². The molecule has 0 amide bonds. The van der Waals surface area contributed by atoms with Crippen molar-refractivity contribution in [1.82, 2.24) is 9.55 Å². The molecular weight excluding hydrogens is 319 g/mol. The van der Waals surface area contributed by atoms with Gasteiger partial charge in [-0.3, -0.25) is 0 Å². The molecule has 0 atom stereocenters. The van der Waals surface area contributed by atoms with Gasteiger partial charge in [-0.15, -0.1) is 0 Å². The molecule has 0 unspecified atom stereocenters. The van der Waals surface area contributed by atoms with Gasteiger partial charge in [0.25, 0.3) is 6.29 Å². The Morgan fingerprint density at radius 2 is 1.88 bits per heavy atom. The number of fused-ring (bicyclic) bond motifs is 1. The van der Waals surface area contributed by atoms with Gasteiger partial charge >= 0.3 is 0 Å². The van der Waals surface area contributed by atoms with Gasteiger partial charge in [-0.25, -0.2) is 4.98 Å². The molecule has 5 heteroatoms. The van der Waals surface area contributed by atoms with Gasteiger partial charge in [-0.2, -0.15) is 0 Å². The molecule has 2 aromatic rings. The first kappa shape index (κ1) is 9.95. The van der Waals surface area contributed by atoms with Crippen molar-refractivity contribution < 1.29 is 9.47 Å². The molecule has 1 aromatic heterocycles. The average Bonchev–Trinajstić information content (AvgIpc) is 2.84. The van der Waals surface area contributed by atoms with E-state index >= 15 is 0 Å². The molecule has 0 spiro atoms. The van der Waals surface area contributed by atoms with Gasteiger partial charge in [0.05, 0.1) is 6.20 Å². The van der Waals surface area contributed by atoms with Crippen LogP contribution in [0.4, 0.5) is 0 Å².